The summed E-state index contributed by atoms with van der Waals surface area (Å²) in [6.07, 6.45) is 8.45. The van der Waals surface area contributed by atoms with Gasteiger partial charge >= 0.3 is 0 Å². The zero-order valence-electron chi connectivity index (χ0n) is 14.5. The monoisotopic (exact) mass is 345 g/mol. The highest BCUT2D eigenvalue weighted by atomic mass is 32.2. The summed E-state index contributed by atoms with van der Waals surface area (Å²) in [6, 6.07) is 10.1. The van der Waals surface area contributed by atoms with Crippen molar-refractivity contribution in [1.82, 2.24) is 20.4 Å². The molecule has 5 nitrogen and oxygen atoms in total. The minimum Gasteiger partial charge on any atom is -0.357 e. The van der Waals surface area contributed by atoms with Crippen molar-refractivity contribution in [3.8, 4) is 5.69 Å². The zero-order valence-corrected chi connectivity index (χ0v) is 15.4. The van der Waals surface area contributed by atoms with E-state index in [1.54, 1.807) is 0 Å². The molecule has 0 unspecified atom stereocenters. The van der Waals surface area contributed by atoms with Gasteiger partial charge in [0, 0.05) is 24.8 Å². The summed E-state index contributed by atoms with van der Waals surface area (Å²) in [5, 5.41) is 11.1. The normalized spacial score (nSPS) is 11.5. The van der Waals surface area contributed by atoms with Gasteiger partial charge in [0.25, 0.3) is 0 Å². The molecular formula is C18H27N5S. The fraction of sp³-hybridized carbons (Fsp3) is 0.444. The van der Waals surface area contributed by atoms with Crippen molar-refractivity contribution in [3.05, 3.63) is 48.3 Å². The van der Waals surface area contributed by atoms with Crippen molar-refractivity contribution < 1.29 is 0 Å². The Kier molecular flexibility index (Phi) is 8.24. The van der Waals surface area contributed by atoms with Gasteiger partial charge in [0.2, 0.25) is 0 Å². The van der Waals surface area contributed by atoms with Crippen LogP contribution in [0.2, 0.25) is 0 Å². The lowest BCUT2D eigenvalue weighted by Gasteiger charge is -2.10. The first-order chi connectivity index (χ1) is 11.8. The van der Waals surface area contributed by atoms with Crippen LogP contribution in [0.1, 0.15) is 25.3 Å². The number of unbranched alkanes of at least 4 members (excludes halogenated alkanes) is 1. The molecule has 0 radical (unpaired) electrons. The highest BCUT2D eigenvalue weighted by Crippen LogP contribution is 2.08. The molecule has 0 bridgehead atoms. The van der Waals surface area contributed by atoms with Gasteiger partial charge in [-0.05, 0) is 43.9 Å². The van der Waals surface area contributed by atoms with Crippen LogP contribution in [0.3, 0.4) is 0 Å². The highest BCUT2D eigenvalue weighted by molar-refractivity contribution is 7.98. The quantitative estimate of drug-likeness (QED) is 0.417. The van der Waals surface area contributed by atoms with Gasteiger partial charge < -0.3 is 10.6 Å². The SMILES string of the molecule is CCNC(=NCc1cnn(-c2ccccc2)c1)NCCCCSC. The summed E-state index contributed by atoms with van der Waals surface area (Å²) >= 11 is 1.90. The van der Waals surface area contributed by atoms with Gasteiger partial charge in [-0.25, -0.2) is 9.67 Å². The molecule has 1 heterocycles. The van der Waals surface area contributed by atoms with E-state index in [1.165, 1.54) is 12.2 Å². The van der Waals surface area contributed by atoms with E-state index in [-0.39, 0.29) is 0 Å². The van der Waals surface area contributed by atoms with E-state index in [0.29, 0.717) is 6.54 Å². The van der Waals surface area contributed by atoms with Crippen LogP contribution in [-0.4, -0.2) is 40.8 Å². The number of nitrogens with zero attached hydrogens (tertiary/aromatic N) is 3. The fourth-order valence-corrected chi connectivity index (χ4v) is 2.75. The molecule has 2 rings (SSSR count). The lowest BCUT2D eigenvalue weighted by Crippen LogP contribution is -2.37. The predicted molar refractivity (Wildman–Crippen MR) is 104 cm³/mol. The number of hydrogen-bond donors (Lipinski definition) is 2. The first-order valence-corrected chi connectivity index (χ1v) is 9.83. The highest BCUT2D eigenvalue weighted by Gasteiger charge is 2.01. The van der Waals surface area contributed by atoms with E-state index in [0.717, 1.165) is 36.7 Å². The Labute approximate surface area is 148 Å². The molecule has 1 aromatic carbocycles. The lowest BCUT2D eigenvalue weighted by atomic mass is 10.3. The number of aromatic nitrogens is 2. The minimum absolute atomic E-state index is 0.618. The van der Waals surface area contributed by atoms with Crippen molar-refractivity contribution in [3.63, 3.8) is 0 Å². The molecule has 24 heavy (non-hydrogen) atoms. The summed E-state index contributed by atoms with van der Waals surface area (Å²) in [5.41, 5.74) is 2.16. The molecule has 0 saturated carbocycles. The number of hydrogen-bond acceptors (Lipinski definition) is 3. The third-order valence-corrected chi connectivity index (χ3v) is 4.19. The minimum atomic E-state index is 0.618. The van der Waals surface area contributed by atoms with Crippen LogP contribution in [0.25, 0.3) is 5.69 Å². The second-order valence-corrected chi connectivity index (χ2v) is 6.44. The summed E-state index contributed by atoms with van der Waals surface area (Å²) in [5.74, 6) is 2.09. The maximum absolute atomic E-state index is 4.64. The van der Waals surface area contributed by atoms with E-state index < -0.39 is 0 Å². The van der Waals surface area contributed by atoms with Crippen molar-refractivity contribution in [1.29, 1.82) is 0 Å². The second kappa shape index (κ2) is 10.8. The Morgan fingerprint density at radius 1 is 1.21 bits per heavy atom. The first-order valence-electron chi connectivity index (χ1n) is 8.43. The predicted octanol–water partition coefficient (Wildman–Crippen LogP) is 3.07. The molecule has 1 aromatic heterocycles. The number of guanidine groups is 1. The molecule has 0 fully saturated rings. The van der Waals surface area contributed by atoms with E-state index in [1.807, 2.05) is 59.2 Å². The van der Waals surface area contributed by atoms with Crippen LogP contribution >= 0.6 is 11.8 Å². The number of thioether (sulfide) groups is 1. The number of para-hydroxylation sites is 1. The largest absolute Gasteiger partial charge is 0.357 e. The first kappa shape index (κ1) is 18.4. The van der Waals surface area contributed by atoms with Crippen LogP contribution in [0.4, 0.5) is 0 Å². The van der Waals surface area contributed by atoms with Gasteiger partial charge in [-0.15, -0.1) is 0 Å². The third-order valence-electron chi connectivity index (χ3n) is 3.49. The van der Waals surface area contributed by atoms with Gasteiger partial charge in [-0.3, -0.25) is 0 Å². The molecule has 130 valence electrons. The molecule has 0 saturated heterocycles. The van der Waals surface area contributed by atoms with Crippen LogP contribution in [0.15, 0.2) is 47.7 Å². The smallest absolute Gasteiger partial charge is 0.191 e. The molecule has 0 aliphatic rings. The van der Waals surface area contributed by atoms with E-state index in [2.05, 4.69) is 33.9 Å². The van der Waals surface area contributed by atoms with Crippen molar-refractivity contribution in [2.24, 2.45) is 4.99 Å². The Morgan fingerprint density at radius 3 is 2.79 bits per heavy atom. The van der Waals surface area contributed by atoms with Crippen LogP contribution in [0, 0.1) is 0 Å². The van der Waals surface area contributed by atoms with Crippen LogP contribution in [0.5, 0.6) is 0 Å². The number of aliphatic imine (C=N–C) groups is 1. The summed E-state index contributed by atoms with van der Waals surface area (Å²) in [6.45, 7) is 4.51. The van der Waals surface area contributed by atoms with Gasteiger partial charge in [-0.2, -0.15) is 16.9 Å². The van der Waals surface area contributed by atoms with Crippen LogP contribution in [-0.2, 0) is 6.54 Å². The van der Waals surface area contributed by atoms with E-state index >= 15 is 0 Å². The second-order valence-electron chi connectivity index (χ2n) is 5.45. The van der Waals surface area contributed by atoms with Gasteiger partial charge in [0.1, 0.15) is 0 Å². The standard InChI is InChI=1S/C18H27N5S/c1-3-19-18(20-11-7-8-12-24-2)21-13-16-14-22-23(15-16)17-9-5-4-6-10-17/h4-6,9-10,14-15H,3,7-8,11-13H2,1-2H3,(H2,19,20,21). The summed E-state index contributed by atoms with van der Waals surface area (Å²) in [4.78, 5) is 4.64. The lowest BCUT2D eigenvalue weighted by molar-refractivity contribution is 0.734. The molecule has 2 N–H and O–H groups in total. The topological polar surface area (TPSA) is 54.2 Å². The van der Waals surface area contributed by atoms with E-state index in [4.69, 9.17) is 0 Å². The maximum atomic E-state index is 4.64. The van der Waals surface area contributed by atoms with E-state index in [9.17, 15) is 0 Å². The Balaban J connectivity index is 1.87. The fourth-order valence-electron chi connectivity index (χ4n) is 2.25. The van der Waals surface area contributed by atoms with Crippen molar-refractivity contribution >= 4 is 17.7 Å². The maximum Gasteiger partial charge on any atom is 0.191 e. The number of benzene rings is 1. The Bertz CT molecular complexity index is 609. The van der Waals surface area contributed by atoms with Gasteiger partial charge in [0.05, 0.1) is 18.4 Å². The molecule has 0 spiro atoms. The summed E-state index contributed by atoms with van der Waals surface area (Å²) in [7, 11) is 0. The average Bonchev–Trinajstić information content (AvgIpc) is 3.09. The zero-order chi connectivity index (χ0) is 17.0. The van der Waals surface area contributed by atoms with Gasteiger partial charge in [-0.1, -0.05) is 18.2 Å². The average molecular weight is 346 g/mol. The Morgan fingerprint density at radius 2 is 2.04 bits per heavy atom. The number of rotatable bonds is 9. The van der Waals surface area contributed by atoms with Crippen molar-refractivity contribution in [2.75, 3.05) is 25.1 Å². The molecule has 0 aliphatic carbocycles. The number of nitrogens with one attached hydrogen (secondary N) is 2. The van der Waals surface area contributed by atoms with Crippen molar-refractivity contribution in [2.45, 2.75) is 26.3 Å². The van der Waals surface area contributed by atoms with Gasteiger partial charge in [0.15, 0.2) is 5.96 Å². The molecule has 0 aliphatic heterocycles. The third kappa shape index (κ3) is 6.28. The summed E-state index contributed by atoms with van der Waals surface area (Å²) < 4.78 is 1.88. The Hall–Kier alpha value is -1.95. The molecule has 2 aromatic rings. The molecule has 6 heteroatoms. The molecular weight excluding hydrogens is 318 g/mol. The molecule has 0 atom stereocenters. The van der Waals surface area contributed by atoms with Crippen LogP contribution < -0.4 is 10.6 Å². The molecule has 0 amide bonds.